The van der Waals surface area contributed by atoms with Gasteiger partial charge >= 0.3 is 0 Å². The Balaban J connectivity index is 2.59. The Hall–Kier alpha value is -1.62. The minimum Gasteiger partial charge on any atom is -0.493 e. The van der Waals surface area contributed by atoms with E-state index in [0.29, 0.717) is 11.7 Å². The molecule has 0 aliphatic heterocycles. The van der Waals surface area contributed by atoms with Crippen LogP contribution in [0.2, 0.25) is 0 Å². The number of nitrogens with zero attached hydrogens (tertiary/aromatic N) is 1. The molecular formula is C15H23N3OS. The second-order valence-corrected chi connectivity index (χ2v) is 5.87. The molecule has 0 radical (unpaired) electrons. The fourth-order valence-electron chi connectivity index (χ4n) is 1.46. The number of ether oxygens (including phenoxy) is 1. The third kappa shape index (κ3) is 6.52. The first-order chi connectivity index (χ1) is 9.42. The van der Waals surface area contributed by atoms with E-state index in [-0.39, 0.29) is 5.54 Å². The van der Waals surface area contributed by atoms with Crippen LogP contribution in [-0.2, 0) is 0 Å². The number of para-hydroxylation sites is 1. The molecule has 0 aliphatic carbocycles. The molecule has 1 aromatic carbocycles. The van der Waals surface area contributed by atoms with E-state index in [1.54, 1.807) is 6.21 Å². The minimum atomic E-state index is -0.0816. The second-order valence-electron chi connectivity index (χ2n) is 5.46. The van der Waals surface area contributed by atoms with Gasteiger partial charge in [-0.1, -0.05) is 19.1 Å². The lowest BCUT2D eigenvalue weighted by Crippen LogP contribution is -2.44. The number of rotatable bonds is 5. The third-order valence-electron chi connectivity index (χ3n) is 2.24. The second kappa shape index (κ2) is 7.85. The van der Waals surface area contributed by atoms with E-state index in [4.69, 9.17) is 17.0 Å². The summed E-state index contributed by atoms with van der Waals surface area (Å²) in [6.07, 6.45) is 2.69. The van der Waals surface area contributed by atoms with Crippen molar-refractivity contribution in [2.24, 2.45) is 5.10 Å². The van der Waals surface area contributed by atoms with Gasteiger partial charge in [0.25, 0.3) is 0 Å². The molecule has 0 heterocycles. The van der Waals surface area contributed by atoms with Gasteiger partial charge < -0.3 is 10.1 Å². The van der Waals surface area contributed by atoms with Crippen LogP contribution < -0.4 is 15.5 Å². The van der Waals surface area contributed by atoms with Gasteiger partial charge in [0.05, 0.1) is 12.8 Å². The predicted molar refractivity (Wildman–Crippen MR) is 88.4 cm³/mol. The van der Waals surface area contributed by atoms with E-state index < -0.39 is 0 Å². The zero-order valence-corrected chi connectivity index (χ0v) is 13.4. The Morgan fingerprint density at radius 2 is 2.05 bits per heavy atom. The van der Waals surface area contributed by atoms with Gasteiger partial charge in [-0.2, -0.15) is 5.10 Å². The summed E-state index contributed by atoms with van der Waals surface area (Å²) in [4.78, 5) is 0. The van der Waals surface area contributed by atoms with Crippen LogP contribution in [0.25, 0.3) is 0 Å². The molecule has 0 saturated carbocycles. The first-order valence-corrected chi connectivity index (χ1v) is 7.16. The zero-order chi connectivity index (χ0) is 15.0. The van der Waals surface area contributed by atoms with Crippen LogP contribution >= 0.6 is 12.2 Å². The summed E-state index contributed by atoms with van der Waals surface area (Å²) in [5, 5.41) is 7.77. The van der Waals surface area contributed by atoms with Crippen LogP contribution in [0, 0.1) is 0 Å². The van der Waals surface area contributed by atoms with Gasteiger partial charge in [0.15, 0.2) is 5.11 Å². The van der Waals surface area contributed by atoms with Crippen molar-refractivity contribution in [3.8, 4) is 5.75 Å². The molecule has 0 spiro atoms. The molecule has 4 nitrogen and oxygen atoms in total. The molecule has 0 fully saturated rings. The number of benzene rings is 1. The third-order valence-corrected chi connectivity index (χ3v) is 2.43. The molecule has 2 N–H and O–H groups in total. The van der Waals surface area contributed by atoms with E-state index in [0.717, 1.165) is 17.7 Å². The number of hydrazone groups is 1. The van der Waals surface area contributed by atoms with Gasteiger partial charge in [-0.15, -0.1) is 0 Å². The molecule has 110 valence electrons. The van der Waals surface area contributed by atoms with Gasteiger partial charge in [-0.25, -0.2) is 0 Å². The summed E-state index contributed by atoms with van der Waals surface area (Å²) in [6, 6.07) is 7.78. The lowest BCUT2D eigenvalue weighted by Gasteiger charge is -2.21. The van der Waals surface area contributed by atoms with Crippen molar-refractivity contribution >= 4 is 23.5 Å². The molecule has 0 saturated heterocycles. The van der Waals surface area contributed by atoms with Crippen molar-refractivity contribution in [1.29, 1.82) is 0 Å². The maximum Gasteiger partial charge on any atom is 0.187 e. The lowest BCUT2D eigenvalue weighted by molar-refractivity contribution is 0.317. The standard InChI is InChI=1S/C15H23N3OS/c1-5-10-19-13-9-7-6-8-12(13)11-16-18-14(20)17-15(2,3)4/h6-9,11H,5,10H2,1-4H3,(H2,17,18,20)/b16-11+. The SMILES string of the molecule is CCCOc1ccccc1/C=N/NC(=S)NC(C)(C)C. The molecule has 20 heavy (non-hydrogen) atoms. The monoisotopic (exact) mass is 293 g/mol. The Labute approximate surface area is 126 Å². The van der Waals surface area contributed by atoms with Crippen LogP contribution in [-0.4, -0.2) is 23.5 Å². The minimum absolute atomic E-state index is 0.0816. The Morgan fingerprint density at radius 1 is 1.35 bits per heavy atom. The van der Waals surface area contributed by atoms with E-state index in [1.165, 1.54) is 0 Å². The highest BCUT2D eigenvalue weighted by molar-refractivity contribution is 7.80. The highest BCUT2D eigenvalue weighted by Crippen LogP contribution is 2.15. The summed E-state index contributed by atoms with van der Waals surface area (Å²) in [7, 11) is 0. The Bertz CT molecular complexity index is 466. The molecule has 0 atom stereocenters. The summed E-state index contributed by atoms with van der Waals surface area (Å²) in [5.74, 6) is 0.828. The maximum atomic E-state index is 5.66. The molecule has 0 aromatic heterocycles. The van der Waals surface area contributed by atoms with Gasteiger partial charge in [-0.3, -0.25) is 5.43 Å². The van der Waals surface area contributed by atoms with Gasteiger partial charge in [-0.05, 0) is 51.5 Å². The predicted octanol–water partition coefficient (Wildman–Crippen LogP) is 3.07. The fourth-order valence-corrected chi connectivity index (χ4v) is 1.82. The van der Waals surface area contributed by atoms with Crippen LogP contribution in [0.4, 0.5) is 0 Å². The summed E-state index contributed by atoms with van der Waals surface area (Å²) >= 11 is 5.15. The van der Waals surface area contributed by atoms with Crippen molar-refractivity contribution in [2.75, 3.05) is 6.61 Å². The smallest absolute Gasteiger partial charge is 0.187 e. The number of nitrogens with one attached hydrogen (secondary N) is 2. The van der Waals surface area contributed by atoms with E-state index in [1.807, 2.05) is 45.0 Å². The average Bonchev–Trinajstić information content (AvgIpc) is 2.35. The van der Waals surface area contributed by atoms with Crippen LogP contribution in [0.5, 0.6) is 5.75 Å². The van der Waals surface area contributed by atoms with Crippen LogP contribution in [0.1, 0.15) is 39.7 Å². The van der Waals surface area contributed by atoms with E-state index >= 15 is 0 Å². The van der Waals surface area contributed by atoms with Crippen molar-refractivity contribution < 1.29 is 4.74 Å². The molecule has 0 aliphatic rings. The number of thiocarbonyl (C=S) groups is 1. The molecule has 0 unspecified atom stereocenters. The zero-order valence-electron chi connectivity index (χ0n) is 12.6. The summed E-state index contributed by atoms with van der Waals surface area (Å²) < 4.78 is 5.66. The fraction of sp³-hybridized carbons (Fsp3) is 0.467. The van der Waals surface area contributed by atoms with Gasteiger partial charge in [0.2, 0.25) is 0 Å². The first kappa shape index (κ1) is 16.4. The Morgan fingerprint density at radius 3 is 2.70 bits per heavy atom. The maximum absolute atomic E-state index is 5.66. The van der Waals surface area contributed by atoms with Crippen LogP contribution in [0.3, 0.4) is 0 Å². The number of hydrogen-bond acceptors (Lipinski definition) is 3. The van der Waals surface area contributed by atoms with Crippen molar-refractivity contribution in [3.63, 3.8) is 0 Å². The van der Waals surface area contributed by atoms with Crippen LogP contribution in [0.15, 0.2) is 29.4 Å². The largest absolute Gasteiger partial charge is 0.493 e. The lowest BCUT2D eigenvalue weighted by atomic mass is 10.1. The van der Waals surface area contributed by atoms with Crippen molar-refractivity contribution in [2.45, 2.75) is 39.7 Å². The average molecular weight is 293 g/mol. The molecule has 0 bridgehead atoms. The van der Waals surface area contributed by atoms with Gasteiger partial charge in [0, 0.05) is 11.1 Å². The summed E-state index contributed by atoms with van der Waals surface area (Å²) in [5.41, 5.74) is 3.65. The normalized spacial score (nSPS) is 11.4. The van der Waals surface area contributed by atoms with E-state index in [9.17, 15) is 0 Å². The van der Waals surface area contributed by atoms with Crippen molar-refractivity contribution in [3.05, 3.63) is 29.8 Å². The molecule has 0 amide bonds. The molecular weight excluding hydrogens is 270 g/mol. The topological polar surface area (TPSA) is 45.6 Å². The number of hydrogen-bond donors (Lipinski definition) is 2. The van der Waals surface area contributed by atoms with Gasteiger partial charge in [0.1, 0.15) is 5.75 Å². The molecule has 1 aromatic rings. The highest BCUT2D eigenvalue weighted by atomic mass is 32.1. The molecule has 1 rings (SSSR count). The Kier molecular flexibility index (Phi) is 6.45. The van der Waals surface area contributed by atoms with E-state index in [2.05, 4.69) is 22.8 Å². The first-order valence-electron chi connectivity index (χ1n) is 6.75. The highest BCUT2D eigenvalue weighted by Gasteiger charge is 2.10. The summed E-state index contributed by atoms with van der Waals surface area (Å²) in [6.45, 7) is 8.90. The molecule has 5 heteroatoms. The van der Waals surface area contributed by atoms with Crippen molar-refractivity contribution in [1.82, 2.24) is 10.7 Å². The quantitative estimate of drug-likeness (QED) is 0.497.